The Hall–Kier alpha value is -3.12. The van der Waals surface area contributed by atoms with Crippen molar-refractivity contribution in [3.63, 3.8) is 0 Å². The molecule has 0 saturated carbocycles. The van der Waals surface area contributed by atoms with E-state index in [4.69, 9.17) is 13.9 Å². The molecule has 4 rings (SSSR count). The summed E-state index contributed by atoms with van der Waals surface area (Å²) in [5.74, 6) is 2.33. The summed E-state index contributed by atoms with van der Waals surface area (Å²) < 4.78 is 17.3. The zero-order chi connectivity index (χ0) is 24.6. The number of hydrogen-bond donors (Lipinski definition) is 0. The first-order valence-electron chi connectivity index (χ1n) is 12.7. The summed E-state index contributed by atoms with van der Waals surface area (Å²) in [5, 5.41) is 0. The number of carbonyl (C=O) groups excluding carboxylic acids is 1. The molecule has 1 aromatic heterocycles. The van der Waals surface area contributed by atoms with Crippen molar-refractivity contribution in [2.75, 3.05) is 26.3 Å². The fourth-order valence-electron chi connectivity index (χ4n) is 4.68. The molecule has 6 nitrogen and oxygen atoms in total. The predicted molar refractivity (Wildman–Crippen MR) is 136 cm³/mol. The molecule has 186 valence electrons. The third kappa shape index (κ3) is 6.51. The number of aromatic nitrogens is 1. The van der Waals surface area contributed by atoms with E-state index >= 15 is 0 Å². The Morgan fingerprint density at radius 3 is 2.77 bits per heavy atom. The van der Waals surface area contributed by atoms with Gasteiger partial charge < -0.3 is 13.9 Å². The Balaban J connectivity index is 1.33. The molecule has 6 heteroatoms. The Labute approximate surface area is 208 Å². The lowest BCUT2D eigenvalue weighted by Crippen LogP contribution is -2.38. The molecule has 0 radical (unpaired) electrons. The van der Waals surface area contributed by atoms with Crippen molar-refractivity contribution in [2.45, 2.75) is 53.0 Å². The summed E-state index contributed by atoms with van der Waals surface area (Å²) in [4.78, 5) is 19.2. The lowest BCUT2D eigenvalue weighted by molar-refractivity contribution is -0.150. The fourth-order valence-corrected chi connectivity index (χ4v) is 4.68. The van der Waals surface area contributed by atoms with Crippen molar-refractivity contribution in [1.29, 1.82) is 0 Å². The number of piperidine rings is 1. The van der Waals surface area contributed by atoms with Crippen LogP contribution in [0.15, 0.2) is 52.9 Å². The van der Waals surface area contributed by atoms with Crippen LogP contribution in [0, 0.1) is 12.8 Å². The molecule has 3 aromatic rings. The molecule has 0 aliphatic carbocycles. The maximum atomic E-state index is 12.2. The maximum Gasteiger partial charge on any atom is 0.310 e. The number of oxazole rings is 1. The molecule has 0 bridgehead atoms. The SMILES string of the molecule is CCOC(=O)C1CCCN(Cc2ccc(OCCc3nc(-c4ccccc4)oc3C)c(CC)c2)C1. The largest absolute Gasteiger partial charge is 0.493 e. The quantitative estimate of drug-likeness (QED) is 0.355. The van der Waals surface area contributed by atoms with E-state index in [0.717, 1.165) is 61.7 Å². The molecule has 0 N–H and O–H groups in total. The van der Waals surface area contributed by atoms with Crippen molar-refractivity contribution < 1.29 is 18.7 Å². The first-order valence-corrected chi connectivity index (χ1v) is 12.7. The topological polar surface area (TPSA) is 64.8 Å². The molecule has 2 aromatic carbocycles. The smallest absolute Gasteiger partial charge is 0.310 e. The van der Waals surface area contributed by atoms with Gasteiger partial charge in [-0.2, -0.15) is 0 Å². The van der Waals surface area contributed by atoms with Gasteiger partial charge in [-0.25, -0.2) is 4.98 Å². The van der Waals surface area contributed by atoms with Crippen LogP contribution < -0.4 is 4.74 Å². The van der Waals surface area contributed by atoms with Gasteiger partial charge in [0.05, 0.1) is 24.8 Å². The van der Waals surface area contributed by atoms with Crippen molar-refractivity contribution in [1.82, 2.24) is 9.88 Å². The highest BCUT2D eigenvalue weighted by atomic mass is 16.5. The summed E-state index contributed by atoms with van der Waals surface area (Å²) in [6.07, 6.45) is 3.53. The minimum Gasteiger partial charge on any atom is -0.493 e. The van der Waals surface area contributed by atoms with Gasteiger partial charge in [0.1, 0.15) is 11.5 Å². The Morgan fingerprint density at radius 2 is 2.00 bits per heavy atom. The zero-order valence-electron chi connectivity index (χ0n) is 21.1. The van der Waals surface area contributed by atoms with E-state index in [-0.39, 0.29) is 11.9 Å². The number of esters is 1. The predicted octanol–water partition coefficient (Wildman–Crippen LogP) is 5.61. The first kappa shape index (κ1) is 25.0. The van der Waals surface area contributed by atoms with Crippen LogP contribution in [0.4, 0.5) is 0 Å². The van der Waals surface area contributed by atoms with E-state index in [1.54, 1.807) is 0 Å². The average molecular weight is 477 g/mol. The van der Waals surface area contributed by atoms with E-state index in [0.29, 0.717) is 25.5 Å². The number of benzene rings is 2. The molecule has 2 heterocycles. The third-order valence-electron chi connectivity index (χ3n) is 6.55. The molecule has 1 saturated heterocycles. The lowest BCUT2D eigenvalue weighted by Gasteiger charge is -2.31. The minimum atomic E-state index is -0.0616. The van der Waals surface area contributed by atoms with Crippen molar-refractivity contribution in [2.24, 2.45) is 5.92 Å². The van der Waals surface area contributed by atoms with Crippen molar-refractivity contribution >= 4 is 5.97 Å². The van der Waals surface area contributed by atoms with E-state index in [2.05, 4.69) is 35.0 Å². The van der Waals surface area contributed by atoms with Crippen LogP contribution in [0.25, 0.3) is 11.5 Å². The standard InChI is InChI=1S/C29H36N2O4/c1-4-23-18-22(19-31-16-9-12-25(20-31)29(32)33-5-2)13-14-27(23)34-17-15-26-21(3)35-28(30-26)24-10-7-6-8-11-24/h6-8,10-11,13-14,18,25H,4-5,9,12,15-17,19-20H2,1-3H3. The van der Waals surface area contributed by atoms with Crippen molar-refractivity contribution in [3.8, 4) is 17.2 Å². The molecule has 1 fully saturated rings. The summed E-state index contributed by atoms with van der Waals surface area (Å²) in [6.45, 7) is 9.57. The Kier molecular flexibility index (Phi) is 8.59. The molecule has 1 aliphatic rings. The van der Waals surface area contributed by atoms with Crippen LogP contribution in [-0.4, -0.2) is 42.2 Å². The van der Waals surface area contributed by atoms with Gasteiger partial charge >= 0.3 is 5.97 Å². The van der Waals surface area contributed by atoms with Crippen LogP contribution >= 0.6 is 0 Å². The summed E-state index contributed by atoms with van der Waals surface area (Å²) in [7, 11) is 0. The number of ether oxygens (including phenoxy) is 2. The molecule has 35 heavy (non-hydrogen) atoms. The number of aryl methyl sites for hydroxylation is 2. The van der Waals surface area contributed by atoms with Crippen molar-refractivity contribution in [3.05, 3.63) is 71.1 Å². The fraction of sp³-hybridized carbons (Fsp3) is 0.448. The molecule has 1 aliphatic heterocycles. The van der Waals surface area contributed by atoms with Crippen LogP contribution in [0.5, 0.6) is 5.75 Å². The molecular weight excluding hydrogens is 440 g/mol. The highest BCUT2D eigenvalue weighted by Crippen LogP contribution is 2.25. The molecule has 0 amide bonds. The lowest BCUT2D eigenvalue weighted by atomic mass is 9.97. The van der Waals surface area contributed by atoms with E-state index < -0.39 is 0 Å². The van der Waals surface area contributed by atoms with Gasteiger partial charge in [-0.05, 0) is 69.0 Å². The highest BCUT2D eigenvalue weighted by molar-refractivity contribution is 5.72. The number of nitrogens with zero attached hydrogens (tertiary/aromatic N) is 2. The first-order chi connectivity index (χ1) is 17.1. The second-order valence-corrected chi connectivity index (χ2v) is 9.11. The Bertz CT molecular complexity index is 1110. The molecule has 0 spiro atoms. The summed E-state index contributed by atoms with van der Waals surface area (Å²) >= 11 is 0. The maximum absolute atomic E-state index is 12.2. The average Bonchev–Trinajstić information content (AvgIpc) is 3.26. The van der Waals surface area contributed by atoms with Gasteiger partial charge in [0, 0.05) is 25.1 Å². The van der Waals surface area contributed by atoms with E-state index in [1.807, 2.05) is 44.2 Å². The van der Waals surface area contributed by atoms with Gasteiger partial charge in [0.2, 0.25) is 5.89 Å². The number of likely N-dealkylation sites (tertiary alicyclic amines) is 1. The molecule has 1 unspecified atom stereocenters. The van der Waals surface area contributed by atoms with E-state index in [1.165, 1.54) is 11.1 Å². The van der Waals surface area contributed by atoms with Gasteiger partial charge in [-0.1, -0.05) is 37.3 Å². The number of rotatable bonds is 10. The zero-order valence-corrected chi connectivity index (χ0v) is 21.1. The number of carbonyl (C=O) groups is 1. The summed E-state index contributed by atoms with van der Waals surface area (Å²) in [5.41, 5.74) is 4.36. The molecule has 1 atom stereocenters. The highest BCUT2D eigenvalue weighted by Gasteiger charge is 2.26. The second-order valence-electron chi connectivity index (χ2n) is 9.11. The van der Waals surface area contributed by atoms with Crippen LogP contribution in [0.3, 0.4) is 0 Å². The van der Waals surface area contributed by atoms with Crippen LogP contribution in [0.2, 0.25) is 0 Å². The van der Waals surface area contributed by atoms with Gasteiger partial charge in [-0.3, -0.25) is 9.69 Å². The summed E-state index contributed by atoms with van der Waals surface area (Å²) in [6, 6.07) is 16.4. The second kappa shape index (κ2) is 12.0. The van der Waals surface area contributed by atoms with Gasteiger partial charge in [0.15, 0.2) is 0 Å². The molecular formula is C29H36N2O4. The monoisotopic (exact) mass is 476 g/mol. The van der Waals surface area contributed by atoms with E-state index in [9.17, 15) is 4.79 Å². The van der Waals surface area contributed by atoms with Gasteiger partial charge in [-0.15, -0.1) is 0 Å². The number of hydrogen-bond acceptors (Lipinski definition) is 6. The minimum absolute atomic E-state index is 0.0145. The normalized spacial score (nSPS) is 16.3. The Morgan fingerprint density at radius 1 is 1.17 bits per heavy atom. The van der Waals surface area contributed by atoms with Crippen LogP contribution in [0.1, 0.15) is 49.3 Å². The third-order valence-corrected chi connectivity index (χ3v) is 6.55. The van der Waals surface area contributed by atoms with Crippen LogP contribution in [-0.2, 0) is 28.9 Å². The van der Waals surface area contributed by atoms with Gasteiger partial charge in [0.25, 0.3) is 0 Å².